The molecule has 68 heavy (non-hydrogen) atoms. The molecule has 0 saturated carbocycles. The number of thioether (sulfide) groups is 3. The number of fused-ring (bicyclic) bond motifs is 6. The summed E-state index contributed by atoms with van der Waals surface area (Å²) in [6.45, 7) is 16.2. The van der Waals surface area contributed by atoms with E-state index in [-0.39, 0.29) is 0 Å². The molecule has 0 spiro atoms. The second-order valence-corrected chi connectivity index (χ2v) is 24.4. The van der Waals surface area contributed by atoms with Gasteiger partial charge in [-0.05, 0) is 135 Å². The van der Waals surface area contributed by atoms with Gasteiger partial charge in [0.25, 0.3) is 0 Å². The lowest BCUT2D eigenvalue weighted by Crippen LogP contribution is -2.50. The van der Waals surface area contributed by atoms with Gasteiger partial charge in [-0.25, -0.2) is 0 Å². The van der Waals surface area contributed by atoms with Crippen molar-refractivity contribution in [2.24, 2.45) is 11.8 Å². The Balaban J connectivity index is 0.847. The van der Waals surface area contributed by atoms with Gasteiger partial charge in [0.05, 0.1) is 50.9 Å². The molecule has 8 aliphatic rings. The molecular weight excluding hydrogens is 887 g/mol. The van der Waals surface area contributed by atoms with Gasteiger partial charge in [-0.1, -0.05) is 122 Å². The monoisotopic (exact) mass is 953 g/mol. The molecule has 2 saturated heterocycles. The van der Waals surface area contributed by atoms with Gasteiger partial charge >= 0.3 is 0 Å². The predicted octanol–water partition coefficient (Wildman–Crippen LogP) is 13.1. The molecule has 0 N–H and O–H groups in total. The lowest BCUT2D eigenvalue weighted by atomic mass is 9.91. The van der Waals surface area contributed by atoms with E-state index in [9.17, 15) is 0 Å². The molecule has 0 radical (unpaired) electrons. The van der Waals surface area contributed by atoms with E-state index in [0.717, 1.165) is 26.2 Å². The van der Waals surface area contributed by atoms with E-state index in [1.807, 2.05) is 11.8 Å². The van der Waals surface area contributed by atoms with Crippen molar-refractivity contribution in [3.8, 4) is 0 Å². The van der Waals surface area contributed by atoms with Gasteiger partial charge in [0.1, 0.15) is 0 Å². The summed E-state index contributed by atoms with van der Waals surface area (Å²) in [4.78, 5) is 17.8. The van der Waals surface area contributed by atoms with Crippen molar-refractivity contribution in [3.05, 3.63) is 168 Å². The SMILES string of the molecule is CCN1CCCC(CN2c3ccccc3SC3C=C(c4ccc5c(c4)SC4C=C(c6ccc7c(c6)SC6C=CC=CC6N7Cc6ccccc6)C=CC4N5CC4CCCN(C(C)C)C4)C=CC32)C1. The Hall–Kier alpha value is -4.31. The van der Waals surface area contributed by atoms with Crippen LogP contribution in [0.15, 0.2) is 166 Å². The number of nitrogens with zero attached hydrogens (tertiary/aromatic N) is 5. The average Bonchev–Trinajstić information content (AvgIpc) is 3.38. The van der Waals surface area contributed by atoms with E-state index < -0.39 is 0 Å². The fraction of sp³-hybridized carbons (Fsp3) is 0.400. The first-order chi connectivity index (χ1) is 33.4. The summed E-state index contributed by atoms with van der Waals surface area (Å²) >= 11 is 6.19. The molecular formula is C60H67N5S3. The van der Waals surface area contributed by atoms with Gasteiger partial charge in [-0.2, -0.15) is 0 Å². The third kappa shape index (κ3) is 8.91. The average molecular weight is 954 g/mol. The molecule has 2 fully saturated rings. The third-order valence-corrected chi connectivity index (χ3v) is 19.9. The van der Waals surface area contributed by atoms with Crippen LogP contribution in [0.3, 0.4) is 0 Å². The number of piperidine rings is 2. The van der Waals surface area contributed by atoms with Gasteiger partial charge in [0, 0.05) is 53.5 Å². The molecule has 8 atom stereocenters. The summed E-state index contributed by atoms with van der Waals surface area (Å²) < 4.78 is 0. The lowest BCUT2D eigenvalue weighted by molar-refractivity contribution is 0.141. The zero-order valence-corrected chi connectivity index (χ0v) is 42.5. The van der Waals surface area contributed by atoms with Crippen molar-refractivity contribution in [2.45, 2.75) is 108 Å². The Morgan fingerprint density at radius 3 is 1.82 bits per heavy atom. The molecule has 350 valence electrons. The molecule has 0 amide bonds. The summed E-state index contributed by atoms with van der Waals surface area (Å²) in [6, 6.07) is 36.5. The van der Waals surface area contributed by atoms with Crippen LogP contribution in [-0.2, 0) is 6.54 Å². The number of rotatable bonds is 10. The fourth-order valence-electron chi connectivity index (χ4n) is 12.4. The summed E-state index contributed by atoms with van der Waals surface area (Å²) in [5.74, 6) is 1.36. The molecule has 0 aromatic heterocycles. The van der Waals surface area contributed by atoms with E-state index >= 15 is 0 Å². The van der Waals surface area contributed by atoms with E-state index in [1.165, 1.54) is 111 Å². The highest BCUT2D eigenvalue weighted by molar-refractivity contribution is 8.01. The molecule has 8 unspecified atom stereocenters. The second-order valence-electron chi connectivity index (χ2n) is 20.7. The number of benzene rings is 4. The van der Waals surface area contributed by atoms with Crippen LogP contribution >= 0.6 is 35.3 Å². The molecule has 4 aromatic rings. The first-order valence-electron chi connectivity index (χ1n) is 25.8. The predicted molar refractivity (Wildman–Crippen MR) is 294 cm³/mol. The summed E-state index contributed by atoms with van der Waals surface area (Å²) in [5.41, 5.74) is 10.9. The number of allylic oxidation sites excluding steroid dienone is 6. The number of anilines is 3. The Labute approximate surface area is 419 Å². The van der Waals surface area contributed by atoms with Gasteiger partial charge in [0.2, 0.25) is 0 Å². The molecule has 12 rings (SSSR count). The van der Waals surface area contributed by atoms with E-state index in [1.54, 1.807) is 0 Å². The van der Waals surface area contributed by atoms with Crippen LogP contribution in [0.4, 0.5) is 17.1 Å². The van der Waals surface area contributed by atoms with Gasteiger partial charge < -0.3 is 24.5 Å². The van der Waals surface area contributed by atoms with Gasteiger partial charge in [0.15, 0.2) is 0 Å². The molecule has 5 nitrogen and oxygen atoms in total. The van der Waals surface area contributed by atoms with Crippen LogP contribution in [0.1, 0.15) is 63.1 Å². The van der Waals surface area contributed by atoms with E-state index in [4.69, 9.17) is 0 Å². The Morgan fingerprint density at radius 2 is 1.13 bits per heavy atom. The summed E-state index contributed by atoms with van der Waals surface area (Å²) in [7, 11) is 0. The Bertz CT molecular complexity index is 2680. The second kappa shape index (κ2) is 19.5. The molecule has 4 aromatic carbocycles. The van der Waals surface area contributed by atoms with Crippen molar-refractivity contribution < 1.29 is 0 Å². The largest absolute Gasteiger partial charge is 0.362 e. The summed E-state index contributed by atoms with van der Waals surface area (Å²) in [6.07, 6.45) is 29.7. The first kappa shape index (κ1) is 44.9. The zero-order valence-electron chi connectivity index (χ0n) is 40.1. The minimum absolute atomic E-state index is 0.317. The van der Waals surface area contributed by atoms with Crippen molar-refractivity contribution in [2.75, 3.05) is 60.5 Å². The van der Waals surface area contributed by atoms with Crippen molar-refractivity contribution in [1.29, 1.82) is 0 Å². The van der Waals surface area contributed by atoms with Crippen molar-refractivity contribution >= 4 is 63.5 Å². The van der Waals surface area contributed by atoms with Crippen molar-refractivity contribution in [3.63, 3.8) is 0 Å². The lowest BCUT2D eigenvalue weighted by Gasteiger charge is -2.46. The first-order valence-corrected chi connectivity index (χ1v) is 28.4. The standard InChI is InChI=1S/C60H67N5S3/c1-4-61-30-12-16-43(36-61)39-64-50-19-9-11-21-56(50)67-58-33-46(23-27-52(58)64)48-25-29-54-60(35-48)68-59-34-47(24-28-53(59)65(54)40-44-17-13-31-62(37-44)41(2)3)45-22-26-51-57(32-45)66-55-20-10-8-18-49(55)63(51)38-42-14-6-5-7-15-42/h5-11,14-15,18-29,32-35,41,43-44,49,52-53,55,58-59H,4,12-13,16-17,30-31,36-40H2,1-3H3. The molecule has 5 heterocycles. The molecule has 3 aliphatic carbocycles. The maximum absolute atomic E-state index is 2.81. The normalized spacial score (nSPS) is 28.6. The topological polar surface area (TPSA) is 16.2 Å². The maximum Gasteiger partial charge on any atom is 0.0637 e. The molecule has 5 aliphatic heterocycles. The minimum Gasteiger partial charge on any atom is -0.362 e. The maximum atomic E-state index is 2.81. The summed E-state index contributed by atoms with van der Waals surface area (Å²) in [5, 5.41) is 1.09. The highest BCUT2D eigenvalue weighted by Crippen LogP contribution is 2.50. The van der Waals surface area contributed by atoms with Crippen LogP contribution in [0.5, 0.6) is 0 Å². The van der Waals surface area contributed by atoms with E-state index in [0.29, 0.717) is 51.8 Å². The van der Waals surface area contributed by atoms with Gasteiger partial charge in [-0.15, -0.1) is 35.3 Å². The number of hydrogen-bond acceptors (Lipinski definition) is 8. The smallest absolute Gasteiger partial charge is 0.0637 e. The van der Waals surface area contributed by atoms with Crippen LogP contribution in [0.25, 0.3) is 11.1 Å². The highest BCUT2D eigenvalue weighted by atomic mass is 32.2. The number of hydrogen-bond donors (Lipinski definition) is 0. The molecule has 8 heteroatoms. The third-order valence-electron chi connectivity index (χ3n) is 16.0. The highest BCUT2D eigenvalue weighted by Gasteiger charge is 2.40. The van der Waals surface area contributed by atoms with Crippen LogP contribution in [0, 0.1) is 11.8 Å². The number of para-hydroxylation sites is 1. The number of likely N-dealkylation sites (tertiary alicyclic amines) is 2. The Morgan fingerprint density at radius 1 is 0.559 bits per heavy atom. The fourth-order valence-corrected chi connectivity index (χ4v) is 16.5. The van der Waals surface area contributed by atoms with Crippen LogP contribution < -0.4 is 14.7 Å². The zero-order chi connectivity index (χ0) is 45.7. The van der Waals surface area contributed by atoms with E-state index in [2.05, 4.69) is 221 Å². The Kier molecular flexibility index (Phi) is 12.8. The van der Waals surface area contributed by atoms with Gasteiger partial charge in [-0.3, -0.25) is 0 Å². The van der Waals surface area contributed by atoms with Crippen LogP contribution in [-0.4, -0.2) is 95.5 Å². The molecule has 0 bridgehead atoms. The minimum atomic E-state index is 0.317. The van der Waals surface area contributed by atoms with Crippen LogP contribution in [0.2, 0.25) is 0 Å². The van der Waals surface area contributed by atoms with Crippen molar-refractivity contribution in [1.82, 2.24) is 9.80 Å². The quantitative estimate of drug-likeness (QED) is 0.154.